The number of nitrogens with one attached hydrogen (secondary N) is 2. The Morgan fingerprint density at radius 2 is 1.90 bits per heavy atom. The Balaban J connectivity index is 1.53. The third kappa shape index (κ3) is 2.98. The minimum Gasteiger partial charge on any atom is -0.359 e. The van der Waals surface area contributed by atoms with Crippen molar-refractivity contribution in [1.82, 2.24) is 5.32 Å². The van der Waals surface area contributed by atoms with Crippen molar-refractivity contribution < 1.29 is 0 Å². The SMILES string of the molecule is CC(C)c1ccc(NC(=S)N[C@@H]2C[C@H]3CC[C@@H]2C3)cc1. The molecule has 3 heteroatoms. The van der Waals surface area contributed by atoms with Crippen molar-refractivity contribution in [3.63, 3.8) is 0 Å². The van der Waals surface area contributed by atoms with Crippen LogP contribution >= 0.6 is 12.2 Å². The fourth-order valence-corrected chi connectivity index (χ4v) is 3.98. The molecule has 2 saturated carbocycles. The zero-order valence-corrected chi connectivity index (χ0v) is 13.2. The molecule has 2 aliphatic carbocycles. The zero-order chi connectivity index (χ0) is 14.1. The summed E-state index contributed by atoms with van der Waals surface area (Å²) in [4.78, 5) is 0. The van der Waals surface area contributed by atoms with E-state index in [1.165, 1.54) is 31.2 Å². The van der Waals surface area contributed by atoms with Crippen LogP contribution in [0.2, 0.25) is 0 Å². The molecule has 0 unspecified atom stereocenters. The fraction of sp³-hybridized carbons (Fsp3) is 0.588. The number of thiocarbonyl (C=S) groups is 1. The minimum absolute atomic E-state index is 0.572. The lowest BCUT2D eigenvalue weighted by molar-refractivity contribution is 0.392. The fourth-order valence-electron chi connectivity index (χ4n) is 3.71. The highest BCUT2D eigenvalue weighted by molar-refractivity contribution is 7.80. The van der Waals surface area contributed by atoms with Gasteiger partial charge >= 0.3 is 0 Å². The molecule has 2 aliphatic rings. The summed E-state index contributed by atoms with van der Waals surface area (Å²) in [5.74, 6) is 2.37. The van der Waals surface area contributed by atoms with Gasteiger partial charge in [0.1, 0.15) is 0 Å². The van der Waals surface area contributed by atoms with Crippen LogP contribution < -0.4 is 10.6 Å². The molecule has 0 saturated heterocycles. The van der Waals surface area contributed by atoms with Gasteiger partial charge in [0.15, 0.2) is 5.11 Å². The number of hydrogen-bond donors (Lipinski definition) is 2. The first-order valence-corrected chi connectivity index (χ1v) is 8.20. The first kappa shape index (κ1) is 13.9. The number of rotatable bonds is 3. The van der Waals surface area contributed by atoms with Gasteiger partial charge in [0, 0.05) is 11.7 Å². The lowest BCUT2D eigenvalue weighted by Gasteiger charge is -2.24. The van der Waals surface area contributed by atoms with Gasteiger partial charge in [-0.15, -0.1) is 0 Å². The van der Waals surface area contributed by atoms with E-state index >= 15 is 0 Å². The highest BCUT2D eigenvalue weighted by Crippen LogP contribution is 2.44. The van der Waals surface area contributed by atoms with Gasteiger partial charge in [0.25, 0.3) is 0 Å². The maximum atomic E-state index is 5.45. The molecule has 0 spiro atoms. The van der Waals surface area contributed by atoms with Crippen LogP contribution in [0.5, 0.6) is 0 Å². The van der Waals surface area contributed by atoms with Crippen molar-refractivity contribution in [2.75, 3.05) is 5.32 Å². The van der Waals surface area contributed by atoms with Crippen LogP contribution in [0.15, 0.2) is 24.3 Å². The molecule has 1 aromatic carbocycles. The Hall–Kier alpha value is -1.09. The van der Waals surface area contributed by atoms with Gasteiger partial charge < -0.3 is 10.6 Å². The van der Waals surface area contributed by atoms with Gasteiger partial charge in [-0.25, -0.2) is 0 Å². The van der Waals surface area contributed by atoms with Crippen LogP contribution in [-0.2, 0) is 0 Å². The molecular weight excluding hydrogens is 264 g/mol. The molecule has 2 N–H and O–H groups in total. The molecule has 0 amide bonds. The van der Waals surface area contributed by atoms with Crippen molar-refractivity contribution in [3.8, 4) is 0 Å². The Morgan fingerprint density at radius 1 is 1.15 bits per heavy atom. The predicted molar refractivity (Wildman–Crippen MR) is 89.1 cm³/mol. The van der Waals surface area contributed by atoms with Crippen molar-refractivity contribution >= 4 is 23.0 Å². The van der Waals surface area contributed by atoms with Crippen LogP contribution in [0.3, 0.4) is 0 Å². The van der Waals surface area contributed by atoms with Gasteiger partial charge in [-0.3, -0.25) is 0 Å². The quantitative estimate of drug-likeness (QED) is 0.812. The Morgan fingerprint density at radius 3 is 2.45 bits per heavy atom. The van der Waals surface area contributed by atoms with Crippen LogP contribution in [0.25, 0.3) is 0 Å². The molecule has 0 radical (unpaired) electrons. The number of anilines is 1. The van der Waals surface area contributed by atoms with Crippen LogP contribution in [0.1, 0.15) is 51.0 Å². The summed E-state index contributed by atoms with van der Waals surface area (Å²) >= 11 is 5.45. The van der Waals surface area contributed by atoms with E-state index in [2.05, 4.69) is 48.7 Å². The summed E-state index contributed by atoms with van der Waals surface area (Å²) in [5, 5.41) is 7.61. The van der Waals surface area contributed by atoms with Gasteiger partial charge in [0.05, 0.1) is 0 Å². The van der Waals surface area contributed by atoms with E-state index in [1.54, 1.807) is 0 Å². The molecule has 3 atom stereocenters. The lowest BCUT2D eigenvalue weighted by atomic mass is 9.95. The molecule has 2 fully saturated rings. The van der Waals surface area contributed by atoms with E-state index in [-0.39, 0.29) is 0 Å². The second-order valence-corrected chi connectivity index (χ2v) is 7.06. The molecule has 108 valence electrons. The average molecular weight is 288 g/mol. The molecule has 3 rings (SSSR count). The van der Waals surface area contributed by atoms with E-state index < -0.39 is 0 Å². The standard InChI is InChI=1S/C17H24N2S/c1-11(2)13-5-7-15(8-6-13)18-17(20)19-16-10-12-3-4-14(16)9-12/h5-8,11-12,14,16H,3-4,9-10H2,1-2H3,(H2,18,19,20)/t12-,14+,16+/m0/s1. The maximum absolute atomic E-state index is 5.45. The van der Waals surface area contributed by atoms with Gasteiger partial charge in [-0.05, 0) is 66.9 Å². The first-order chi connectivity index (χ1) is 9.61. The monoisotopic (exact) mass is 288 g/mol. The van der Waals surface area contributed by atoms with Gasteiger partial charge in [0.2, 0.25) is 0 Å². The highest BCUT2D eigenvalue weighted by atomic mass is 32.1. The molecule has 0 aliphatic heterocycles. The van der Waals surface area contributed by atoms with E-state index in [4.69, 9.17) is 12.2 Å². The van der Waals surface area contributed by atoms with Gasteiger partial charge in [-0.2, -0.15) is 0 Å². The maximum Gasteiger partial charge on any atom is 0.171 e. The Labute approximate surface area is 127 Å². The summed E-state index contributed by atoms with van der Waals surface area (Å²) < 4.78 is 0. The first-order valence-electron chi connectivity index (χ1n) is 7.79. The molecular formula is C17H24N2S. The zero-order valence-electron chi connectivity index (χ0n) is 12.4. The molecule has 20 heavy (non-hydrogen) atoms. The summed E-state index contributed by atoms with van der Waals surface area (Å²) in [6, 6.07) is 9.18. The lowest BCUT2D eigenvalue weighted by Crippen LogP contribution is -2.40. The molecule has 2 bridgehead atoms. The summed E-state index contributed by atoms with van der Waals surface area (Å²) in [6.45, 7) is 4.42. The average Bonchev–Trinajstić information content (AvgIpc) is 3.01. The van der Waals surface area contributed by atoms with E-state index in [1.807, 2.05) is 0 Å². The van der Waals surface area contributed by atoms with E-state index in [9.17, 15) is 0 Å². The highest BCUT2D eigenvalue weighted by Gasteiger charge is 2.39. The normalized spacial score (nSPS) is 27.9. The van der Waals surface area contributed by atoms with Crippen LogP contribution in [0, 0.1) is 11.8 Å². The number of fused-ring (bicyclic) bond motifs is 2. The summed E-state index contributed by atoms with van der Waals surface area (Å²) in [5.41, 5.74) is 2.44. The Bertz CT molecular complexity index is 480. The Kier molecular flexibility index (Phi) is 3.97. The van der Waals surface area contributed by atoms with Crippen molar-refractivity contribution in [1.29, 1.82) is 0 Å². The molecule has 2 nitrogen and oxygen atoms in total. The van der Waals surface area contributed by atoms with E-state index in [0.717, 1.165) is 22.6 Å². The van der Waals surface area contributed by atoms with Crippen molar-refractivity contribution in [2.24, 2.45) is 11.8 Å². The predicted octanol–water partition coefficient (Wildman–Crippen LogP) is 4.29. The minimum atomic E-state index is 0.572. The van der Waals surface area contributed by atoms with Crippen LogP contribution in [-0.4, -0.2) is 11.2 Å². The summed E-state index contributed by atoms with van der Waals surface area (Å²) in [6.07, 6.45) is 5.52. The van der Waals surface area contributed by atoms with Gasteiger partial charge in [-0.1, -0.05) is 32.4 Å². The van der Waals surface area contributed by atoms with E-state index in [0.29, 0.717) is 12.0 Å². The molecule has 0 heterocycles. The van der Waals surface area contributed by atoms with Crippen molar-refractivity contribution in [2.45, 2.75) is 51.5 Å². The molecule has 0 aromatic heterocycles. The second kappa shape index (κ2) is 5.72. The summed E-state index contributed by atoms with van der Waals surface area (Å²) in [7, 11) is 0. The third-order valence-corrected chi connectivity index (χ3v) is 5.11. The third-order valence-electron chi connectivity index (χ3n) is 4.89. The second-order valence-electron chi connectivity index (χ2n) is 6.66. The smallest absolute Gasteiger partial charge is 0.171 e. The number of hydrogen-bond acceptors (Lipinski definition) is 1. The van der Waals surface area contributed by atoms with Crippen molar-refractivity contribution in [3.05, 3.63) is 29.8 Å². The number of benzene rings is 1. The topological polar surface area (TPSA) is 24.1 Å². The molecule has 1 aromatic rings. The largest absolute Gasteiger partial charge is 0.359 e. The van der Waals surface area contributed by atoms with Crippen LogP contribution in [0.4, 0.5) is 5.69 Å².